The van der Waals surface area contributed by atoms with Crippen molar-refractivity contribution in [2.75, 3.05) is 36.8 Å². The molecule has 0 spiro atoms. The number of hydrogen-bond acceptors (Lipinski definition) is 5. The highest BCUT2D eigenvalue weighted by molar-refractivity contribution is 5.46. The highest BCUT2D eigenvalue weighted by Gasteiger charge is 2.12. The van der Waals surface area contributed by atoms with Crippen LogP contribution in [0.5, 0.6) is 0 Å². The number of hydrogen-bond donors (Lipinski definition) is 3. The molecule has 5 heteroatoms. The van der Waals surface area contributed by atoms with E-state index in [1.165, 1.54) is 12.8 Å². The van der Waals surface area contributed by atoms with Crippen molar-refractivity contribution in [3.63, 3.8) is 0 Å². The Hall–Kier alpha value is -1.62. The third kappa shape index (κ3) is 4.00. The predicted molar refractivity (Wildman–Crippen MR) is 74.8 cm³/mol. The molecule has 18 heavy (non-hydrogen) atoms. The van der Waals surface area contributed by atoms with E-state index in [0.29, 0.717) is 12.5 Å². The molecule has 0 radical (unpaired) electrons. The molecule has 1 unspecified atom stereocenters. The molecule has 5 nitrogen and oxygen atoms in total. The Bertz CT molecular complexity index is 373. The van der Waals surface area contributed by atoms with Crippen LogP contribution in [0, 0.1) is 5.92 Å². The van der Waals surface area contributed by atoms with Gasteiger partial charge in [-0.25, -0.2) is 9.97 Å². The van der Waals surface area contributed by atoms with Gasteiger partial charge in [-0.05, 0) is 31.8 Å². The molecule has 0 bridgehead atoms. The summed E-state index contributed by atoms with van der Waals surface area (Å²) in [6.07, 6.45) is 5.94. The standard InChI is InChI=1S/C13H21N5/c1-2-5-15-12-7-13(18-10-17-12)16-9-11-4-3-6-14-8-11/h2,7,10-11,14H,1,3-6,8-9H2,(H2,15,16,17,18). The maximum atomic E-state index is 4.22. The van der Waals surface area contributed by atoms with E-state index in [-0.39, 0.29) is 0 Å². The van der Waals surface area contributed by atoms with Crippen LogP contribution in [-0.4, -0.2) is 36.1 Å². The number of anilines is 2. The van der Waals surface area contributed by atoms with Gasteiger partial charge in [0.25, 0.3) is 0 Å². The Labute approximate surface area is 108 Å². The first kappa shape index (κ1) is 12.8. The van der Waals surface area contributed by atoms with Gasteiger partial charge < -0.3 is 16.0 Å². The normalized spacial score (nSPS) is 19.2. The van der Waals surface area contributed by atoms with Gasteiger partial charge in [0.1, 0.15) is 18.0 Å². The molecule has 3 N–H and O–H groups in total. The fraction of sp³-hybridized carbons (Fsp3) is 0.538. The largest absolute Gasteiger partial charge is 0.370 e. The molecule has 0 aliphatic carbocycles. The summed E-state index contributed by atoms with van der Waals surface area (Å²) in [6.45, 7) is 7.59. The zero-order valence-corrected chi connectivity index (χ0v) is 10.7. The van der Waals surface area contributed by atoms with Gasteiger partial charge in [-0.3, -0.25) is 0 Å². The van der Waals surface area contributed by atoms with Gasteiger partial charge in [-0.2, -0.15) is 0 Å². The zero-order valence-electron chi connectivity index (χ0n) is 10.7. The van der Waals surface area contributed by atoms with Gasteiger partial charge in [0.15, 0.2) is 0 Å². The number of nitrogens with zero attached hydrogens (tertiary/aromatic N) is 2. The lowest BCUT2D eigenvalue weighted by atomic mass is 10.00. The predicted octanol–water partition coefficient (Wildman–Crippen LogP) is 1.49. The van der Waals surface area contributed by atoms with Gasteiger partial charge in [0, 0.05) is 19.2 Å². The van der Waals surface area contributed by atoms with Crippen molar-refractivity contribution in [2.45, 2.75) is 12.8 Å². The maximum absolute atomic E-state index is 4.22. The Morgan fingerprint density at radius 1 is 1.39 bits per heavy atom. The minimum Gasteiger partial charge on any atom is -0.370 e. The van der Waals surface area contributed by atoms with E-state index in [0.717, 1.165) is 31.3 Å². The third-order valence-corrected chi connectivity index (χ3v) is 3.07. The molecule has 2 heterocycles. The Morgan fingerprint density at radius 2 is 2.22 bits per heavy atom. The van der Waals surface area contributed by atoms with Crippen LogP contribution in [0.2, 0.25) is 0 Å². The van der Waals surface area contributed by atoms with Crippen molar-refractivity contribution >= 4 is 11.6 Å². The average molecular weight is 247 g/mol. The molecule has 1 fully saturated rings. The van der Waals surface area contributed by atoms with Crippen LogP contribution in [0.1, 0.15) is 12.8 Å². The molecule has 1 aromatic rings. The topological polar surface area (TPSA) is 61.9 Å². The quantitative estimate of drug-likeness (QED) is 0.665. The first-order valence-electron chi connectivity index (χ1n) is 6.50. The van der Waals surface area contributed by atoms with Crippen molar-refractivity contribution in [1.82, 2.24) is 15.3 Å². The minimum atomic E-state index is 0.693. The molecular formula is C13H21N5. The van der Waals surface area contributed by atoms with Crippen LogP contribution < -0.4 is 16.0 Å². The lowest BCUT2D eigenvalue weighted by Crippen LogP contribution is -2.33. The fourth-order valence-electron chi connectivity index (χ4n) is 2.07. The molecule has 0 saturated carbocycles. The molecule has 1 aromatic heterocycles. The van der Waals surface area contributed by atoms with Crippen LogP contribution in [0.4, 0.5) is 11.6 Å². The molecule has 98 valence electrons. The summed E-state index contributed by atoms with van der Waals surface area (Å²) in [7, 11) is 0. The van der Waals surface area contributed by atoms with E-state index >= 15 is 0 Å². The van der Waals surface area contributed by atoms with Crippen LogP contribution in [0.25, 0.3) is 0 Å². The first-order chi connectivity index (χ1) is 8.88. The summed E-state index contributed by atoms with van der Waals surface area (Å²) in [6, 6.07) is 1.93. The number of piperidine rings is 1. The van der Waals surface area contributed by atoms with Crippen molar-refractivity contribution in [3.05, 3.63) is 25.0 Å². The van der Waals surface area contributed by atoms with E-state index in [9.17, 15) is 0 Å². The van der Waals surface area contributed by atoms with Gasteiger partial charge >= 0.3 is 0 Å². The second-order valence-corrected chi connectivity index (χ2v) is 4.55. The van der Waals surface area contributed by atoms with E-state index in [1.54, 1.807) is 6.33 Å². The number of aromatic nitrogens is 2. The van der Waals surface area contributed by atoms with Crippen LogP contribution >= 0.6 is 0 Å². The van der Waals surface area contributed by atoms with Gasteiger partial charge in [-0.1, -0.05) is 6.08 Å². The van der Waals surface area contributed by atoms with Crippen LogP contribution in [0.15, 0.2) is 25.0 Å². The summed E-state index contributed by atoms with van der Waals surface area (Å²) >= 11 is 0. The Morgan fingerprint density at radius 3 is 2.94 bits per heavy atom. The smallest absolute Gasteiger partial charge is 0.131 e. The molecule has 0 aromatic carbocycles. The van der Waals surface area contributed by atoms with E-state index in [2.05, 4.69) is 32.5 Å². The van der Waals surface area contributed by atoms with Crippen LogP contribution in [0.3, 0.4) is 0 Å². The number of nitrogens with one attached hydrogen (secondary N) is 3. The molecule has 1 aliphatic heterocycles. The van der Waals surface area contributed by atoms with Crippen molar-refractivity contribution in [3.8, 4) is 0 Å². The number of rotatable bonds is 6. The summed E-state index contributed by atoms with van der Waals surface area (Å²) in [5.41, 5.74) is 0. The second kappa shape index (κ2) is 6.96. The Balaban J connectivity index is 1.82. The molecule has 1 atom stereocenters. The monoisotopic (exact) mass is 247 g/mol. The van der Waals surface area contributed by atoms with Gasteiger partial charge in [0.05, 0.1) is 0 Å². The second-order valence-electron chi connectivity index (χ2n) is 4.55. The summed E-state index contributed by atoms with van der Waals surface area (Å²) < 4.78 is 0. The maximum Gasteiger partial charge on any atom is 0.131 e. The summed E-state index contributed by atoms with van der Waals surface area (Å²) in [4.78, 5) is 8.37. The first-order valence-corrected chi connectivity index (χ1v) is 6.50. The van der Waals surface area contributed by atoms with E-state index < -0.39 is 0 Å². The van der Waals surface area contributed by atoms with Crippen molar-refractivity contribution in [2.24, 2.45) is 5.92 Å². The molecule has 1 aliphatic rings. The van der Waals surface area contributed by atoms with Crippen molar-refractivity contribution < 1.29 is 0 Å². The average Bonchev–Trinajstić information content (AvgIpc) is 2.44. The summed E-state index contributed by atoms with van der Waals surface area (Å²) in [5, 5.41) is 9.94. The third-order valence-electron chi connectivity index (χ3n) is 3.07. The van der Waals surface area contributed by atoms with Crippen LogP contribution in [-0.2, 0) is 0 Å². The minimum absolute atomic E-state index is 0.693. The molecule has 1 saturated heterocycles. The lowest BCUT2D eigenvalue weighted by Gasteiger charge is -2.23. The van der Waals surface area contributed by atoms with Crippen molar-refractivity contribution in [1.29, 1.82) is 0 Å². The summed E-state index contributed by atoms with van der Waals surface area (Å²) in [5.74, 6) is 2.40. The zero-order chi connectivity index (χ0) is 12.6. The Kier molecular flexibility index (Phi) is 4.96. The molecular weight excluding hydrogens is 226 g/mol. The fourth-order valence-corrected chi connectivity index (χ4v) is 2.07. The molecule has 2 rings (SSSR count). The van der Waals surface area contributed by atoms with E-state index in [1.807, 2.05) is 12.1 Å². The molecule has 0 amide bonds. The SMILES string of the molecule is C=CCNc1cc(NCC2CCCNC2)ncn1. The lowest BCUT2D eigenvalue weighted by molar-refractivity contribution is 0.392. The van der Waals surface area contributed by atoms with Gasteiger partial charge in [0.2, 0.25) is 0 Å². The van der Waals surface area contributed by atoms with Gasteiger partial charge in [-0.15, -0.1) is 6.58 Å². The van der Waals surface area contributed by atoms with E-state index in [4.69, 9.17) is 0 Å². The highest BCUT2D eigenvalue weighted by Crippen LogP contribution is 2.13. The highest BCUT2D eigenvalue weighted by atomic mass is 15.1.